The molecule has 144 valence electrons. The first-order valence-corrected chi connectivity index (χ1v) is 9.04. The monoisotopic (exact) mass is 372 g/mol. The summed E-state index contributed by atoms with van der Waals surface area (Å²) < 4.78 is 12.3. The number of nitrogens with one attached hydrogen (secondary N) is 1. The normalized spacial score (nSPS) is 13.1. The zero-order valence-electron chi connectivity index (χ0n) is 15.8. The van der Waals surface area contributed by atoms with Crippen molar-refractivity contribution >= 4 is 17.7 Å². The maximum absolute atomic E-state index is 12.8. The minimum absolute atomic E-state index is 0.244. The second kappa shape index (κ2) is 8.11. The Balaban J connectivity index is 1.78. The number of amides is 2. The molecule has 2 heterocycles. The molecule has 0 aliphatic carbocycles. The quantitative estimate of drug-likeness (QED) is 0.816. The average Bonchev–Trinajstić information content (AvgIpc) is 3.00. The van der Waals surface area contributed by atoms with E-state index in [9.17, 15) is 9.59 Å². The number of anilines is 1. The molecule has 0 saturated heterocycles. The number of fused-ring (bicyclic) bond motifs is 1. The molecule has 1 aromatic heterocycles. The van der Waals surface area contributed by atoms with Gasteiger partial charge in [0, 0.05) is 31.3 Å². The van der Waals surface area contributed by atoms with Crippen LogP contribution in [0.2, 0.25) is 0 Å². The lowest BCUT2D eigenvalue weighted by molar-refractivity contribution is 0.0516. The lowest BCUT2D eigenvalue weighted by Gasteiger charge is -2.28. The summed E-state index contributed by atoms with van der Waals surface area (Å²) in [4.78, 5) is 26.6. The van der Waals surface area contributed by atoms with Gasteiger partial charge in [-0.2, -0.15) is 5.10 Å². The Hall–Kier alpha value is -3.03. The Labute approximate surface area is 158 Å². The molecule has 1 aromatic carbocycles. The van der Waals surface area contributed by atoms with Gasteiger partial charge in [0.1, 0.15) is 5.75 Å². The first kappa shape index (κ1) is 18.8. The zero-order valence-corrected chi connectivity index (χ0v) is 15.8. The Bertz CT molecular complexity index is 846. The van der Waals surface area contributed by atoms with Crippen LogP contribution < -0.4 is 10.1 Å². The Morgan fingerprint density at radius 2 is 2.00 bits per heavy atom. The highest BCUT2D eigenvalue weighted by Gasteiger charge is 2.30. The van der Waals surface area contributed by atoms with E-state index in [4.69, 9.17) is 9.47 Å². The molecule has 8 nitrogen and oxygen atoms in total. The number of ether oxygens (including phenoxy) is 2. The molecule has 3 rings (SSSR count). The van der Waals surface area contributed by atoms with Gasteiger partial charge >= 0.3 is 12.0 Å². The van der Waals surface area contributed by atoms with E-state index in [-0.39, 0.29) is 18.3 Å². The Morgan fingerprint density at radius 3 is 2.74 bits per heavy atom. The Morgan fingerprint density at radius 1 is 1.22 bits per heavy atom. The lowest BCUT2D eigenvalue weighted by atomic mass is 10.1. The Kier molecular flexibility index (Phi) is 5.63. The largest absolute Gasteiger partial charge is 0.492 e. The van der Waals surface area contributed by atoms with Gasteiger partial charge in [0.15, 0.2) is 5.69 Å². The highest BCUT2D eigenvalue weighted by molar-refractivity contribution is 5.92. The van der Waals surface area contributed by atoms with E-state index in [0.29, 0.717) is 37.6 Å². The van der Waals surface area contributed by atoms with E-state index < -0.39 is 5.97 Å². The van der Waals surface area contributed by atoms with Crippen LogP contribution in [-0.2, 0) is 24.8 Å². The molecule has 1 aliphatic heterocycles. The average molecular weight is 372 g/mol. The topological polar surface area (TPSA) is 85.7 Å². The summed E-state index contributed by atoms with van der Waals surface area (Å²) in [6.45, 7) is 5.28. The van der Waals surface area contributed by atoms with Crippen molar-refractivity contribution in [2.75, 3.05) is 25.1 Å². The second-order valence-electron chi connectivity index (χ2n) is 6.15. The summed E-state index contributed by atoms with van der Waals surface area (Å²) in [5.41, 5.74) is 2.60. The van der Waals surface area contributed by atoms with Crippen molar-refractivity contribution in [2.24, 2.45) is 7.05 Å². The third-order valence-corrected chi connectivity index (χ3v) is 4.43. The number of para-hydroxylation sites is 2. The summed E-state index contributed by atoms with van der Waals surface area (Å²) in [5.74, 6) is 0.165. The number of hydrogen-bond donors (Lipinski definition) is 1. The summed E-state index contributed by atoms with van der Waals surface area (Å²) in [6.07, 6.45) is 0.624. The minimum Gasteiger partial charge on any atom is -0.492 e. The van der Waals surface area contributed by atoms with Gasteiger partial charge in [-0.05, 0) is 26.0 Å². The maximum Gasteiger partial charge on any atom is 0.359 e. The van der Waals surface area contributed by atoms with Gasteiger partial charge < -0.3 is 19.7 Å². The number of rotatable bonds is 5. The van der Waals surface area contributed by atoms with Crippen LogP contribution in [0.4, 0.5) is 10.5 Å². The smallest absolute Gasteiger partial charge is 0.359 e. The number of carbonyl (C=O) groups is 2. The zero-order chi connectivity index (χ0) is 19.4. The summed E-state index contributed by atoms with van der Waals surface area (Å²) in [5, 5.41) is 7.19. The standard InChI is InChI=1S/C19H24N4O4/c1-4-26-16-9-7-6-8-14(16)20-19(25)23-11-10-15-13(12-23)17(21-22(15)3)18(24)27-5-2/h6-9H,4-5,10-12H2,1-3H3,(H,20,25). The third-order valence-electron chi connectivity index (χ3n) is 4.43. The van der Waals surface area contributed by atoms with Crippen molar-refractivity contribution in [3.05, 3.63) is 41.2 Å². The molecule has 2 amide bonds. The van der Waals surface area contributed by atoms with Crippen LogP contribution in [0.25, 0.3) is 0 Å². The molecule has 2 aromatic rings. The van der Waals surface area contributed by atoms with Crippen LogP contribution in [-0.4, -0.2) is 46.4 Å². The van der Waals surface area contributed by atoms with Crippen LogP contribution in [0, 0.1) is 0 Å². The minimum atomic E-state index is -0.460. The first-order valence-electron chi connectivity index (χ1n) is 9.04. The van der Waals surface area contributed by atoms with Crippen molar-refractivity contribution in [3.8, 4) is 5.75 Å². The molecule has 0 radical (unpaired) electrons. The SMILES string of the molecule is CCOC(=O)c1nn(C)c2c1CN(C(=O)Nc1ccccc1OCC)CC2. The maximum atomic E-state index is 12.8. The number of aryl methyl sites for hydroxylation is 1. The van der Waals surface area contributed by atoms with Crippen LogP contribution in [0.3, 0.4) is 0 Å². The van der Waals surface area contributed by atoms with Crippen molar-refractivity contribution in [1.29, 1.82) is 0 Å². The van der Waals surface area contributed by atoms with Crippen LogP contribution in [0.5, 0.6) is 5.75 Å². The van der Waals surface area contributed by atoms with E-state index in [1.165, 1.54) is 0 Å². The van der Waals surface area contributed by atoms with Crippen LogP contribution >= 0.6 is 0 Å². The van der Waals surface area contributed by atoms with Crippen molar-refractivity contribution in [2.45, 2.75) is 26.8 Å². The van der Waals surface area contributed by atoms with Crippen molar-refractivity contribution in [3.63, 3.8) is 0 Å². The van der Waals surface area contributed by atoms with Gasteiger partial charge in [-0.25, -0.2) is 9.59 Å². The predicted molar refractivity (Wildman–Crippen MR) is 99.9 cm³/mol. The number of carbonyl (C=O) groups excluding carboxylic acids is 2. The number of benzene rings is 1. The van der Waals surface area contributed by atoms with Gasteiger partial charge in [-0.1, -0.05) is 12.1 Å². The molecule has 1 N–H and O–H groups in total. The summed E-state index contributed by atoms with van der Waals surface area (Å²) in [6, 6.07) is 7.06. The van der Waals surface area contributed by atoms with Crippen molar-refractivity contribution in [1.82, 2.24) is 14.7 Å². The molecular weight excluding hydrogens is 348 g/mol. The van der Waals surface area contributed by atoms with E-state index >= 15 is 0 Å². The molecule has 27 heavy (non-hydrogen) atoms. The molecular formula is C19H24N4O4. The molecule has 0 spiro atoms. The van der Waals surface area contributed by atoms with Gasteiger partial charge in [-0.15, -0.1) is 0 Å². The number of urea groups is 1. The van der Waals surface area contributed by atoms with Gasteiger partial charge in [-0.3, -0.25) is 4.68 Å². The van der Waals surface area contributed by atoms with E-state index in [1.54, 1.807) is 29.6 Å². The molecule has 0 bridgehead atoms. The highest BCUT2D eigenvalue weighted by atomic mass is 16.5. The highest BCUT2D eigenvalue weighted by Crippen LogP contribution is 2.26. The second-order valence-corrected chi connectivity index (χ2v) is 6.15. The molecule has 8 heteroatoms. The molecule has 0 unspecified atom stereocenters. The number of esters is 1. The molecule has 1 aliphatic rings. The molecule has 0 atom stereocenters. The van der Waals surface area contributed by atoms with E-state index in [1.807, 2.05) is 25.1 Å². The van der Waals surface area contributed by atoms with Gasteiger partial charge in [0.2, 0.25) is 0 Å². The number of hydrogen-bond acceptors (Lipinski definition) is 5. The lowest BCUT2D eigenvalue weighted by Crippen LogP contribution is -2.39. The molecule has 0 fully saturated rings. The van der Waals surface area contributed by atoms with E-state index in [2.05, 4.69) is 10.4 Å². The number of aromatic nitrogens is 2. The fraction of sp³-hybridized carbons (Fsp3) is 0.421. The van der Waals surface area contributed by atoms with Crippen LogP contribution in [0.1, 0.15) is 35.6 Å². The fourth-order valence-corrected chi connectivity index (χ4v) is 3.17. The number of nitrogens with zero attached hydrogens (tertiary/aromatic N) is 3. The van der Waals surface area contributed by atoms with E-state index in [0.717, 1.165) is 11.3 Å². The molecule has 0 saturated carbocycles. The third kappa shape index (κ3) is 3.89. The fourth-order valence-electron chi connectivity index (χ4n) is 3.17. The van der Waals surface area contributed by atoms with Gasteiger partial charge in [0.25, 0.3) is 0 Å². The van der Waals surface area contributed by atoms with Crippen LogP contribution in [0.15, 0.2) is 24.3 Å². The first-order chi connectivity index (χ1) is 13.0. The predicted octanol–water partition coefficient (Wildman–Crippen LogP) is 2.59. The summed E-state index contributed by atoms with van der Waals surface area (Å²) >= 11 is 0. The van der Waals surface area contributed by atoms with Crippen molar-refractivity contribution < 1.29 is 19.1 Å². The van der Waals surface area contributed by atoms with Gasteiger partial charge in [0.05, 0.1) is 25.4 Å². The summed E-state index contributed by atoms with van der Waals surface area (Å²) in [7, 11) is 1.80.